The highest BCUT2D eigenvalue weighted by Crippen LogP contribution is 2.34. The Morgan fingerprint density at radius 3 is 2.38 bits per heavy atom. The minimum absolute atomic E-state index is 0.134. The van der Waals surface area contributed by atoms with Gasteiger partial charge in [-0.05, 0) is 61.5 Å². The Hall–Kier alpha value is -3.23. The summed E-state index contributed by atoms with van der Waals surface area (Å²) in [6.07, 6.45) is 0. The molecule has 168 valence electrons. The maximum absolute atomic E-state index is 13.1. The molecule has 1 aliphatic heterocycles. The van der Waals surface area contributed by atoms with Crippen molar-refractivity contribution in [1.29, 1.82) is 0 Å². The molecule has 0 saturated carbocycles. The molecule has 1 atom stereocenters. The number of aryl methyl sites for hydroxylation is 1. The average molecular weight is 455 g/mol. The zero-order chi connectivity index (χ0) is 23.3. The molecule has 8 heteroatoms. The second-order valence-corrected chi connectivity index (χ2v) is 7.69. The molecule has 2 aromatic carbocycles. The first kappa shape index (κ1) is 23.4. The van der Waals surface area contributed by atoms with Crippen LogP contribution in [0.25, 0.3) is 0 Å². The van der Waals surface area contributed by atoms with Gasteiger partial charge in [-0.25, -0.2) is 9.59 Å². The van der Waals surface area contributed by atoms with Crippen LogP contribution in [0.5, 0.6) is 0 Å². The van der Waals surface area contributed by atoms with E-state index in [2.05, 4.69) is 5.32 Å². The quantitative estimate of drug-likeness (QED) is 0.386. The van der Waals surface area contributed by atoms with Crippen molar-refractivity contribution < 1.29 is 23.8 Å². The second-order valence-electron chi connectivity index (χ2n) is 7.30. The van der Waals surface area contributed by atoms with Gasteiger partial charge in [-0.1, -0.05) is 24.3 Å². The molecule has 1 aliphatic rings. The van der Waals surface area contributed by atoms with Gasteiger partial charge in [0.1, 0.15) is 6.61 Å². The van der Waals surface area contributed by atoms with Crippen molar-refractivity contribution in [2.45, 2.75) is 19.9 Å². The number of methoxy groups -OCH3 is 2. The summed E-state index contributed by atoms with van der Waals surface area (Å²) in [6, 6.07) is 14.2. The Morgan fingerprint density at radius 1 is 1.03 bits per heavy atom. The summed E-state index contributed by atoms with van der Waals surface area (Å²) in [7, 11) is 2.88. The summed E-state index contributed by atoms with van der Waals surface area (Å²) in [5.41, 5.74) is 4.21. The molecule has 0 bridgehead atoms. The third-order valence-electron chi connectivity index (χ3n) is 5.15. The van der Waals surface area contributed by atoms with Gasteiger partial charge in [0.15, 0.2) is 5.11 Å². The predicted octanol–water partition coefficient (Wildman–Crippen LogP) is 3.68. The summed E-state index contributed by atoms with van der Waals surface area (Å²) < 4.78 is 15.2. The highest BCUT2D eigenvalue weighted by molar-refractivity contribution is 7.80. The highest BCUT2D eigenvalue weighted by Gasteiger charge is 2.35. The average Bonchev–Trinajstić information content (AvgIpc) is 2.78. The molecule has 1 heterocycles. The van der Waals surface area contributed by atoms with Gasteiger partial charge in [0.05, 0.1) is 30.9 Å². The van der Waals surface area contributed by atoms with Crippen molar-refractivity contribution in [2.75, 3.05) is 32.3 Å². The number of ether oxygens (including phenoxy) is 3. The van der Waals surface area contributed by atoms with Crippen molar-refractivity contribution >= 4 is 35.0 Å². The smallest absolute Gasteiger partial charge is 0.338 e. The van der Waals surface area contributed by atoms with E-state index in [0.717, 1.165) is 16.8 Å². The van der Waals surface area contributed by atoms with Crippen molar-refractivity contribution in [3.8, 4) is 0 Å². The molecule has 1 N–H and O–H groups in total. The first-order valence-electron chi connectivity index (χ1n) is 10.1. The maximum Gasteiger partial charge on any atom is 0.338 e. The van der Waals surface area contributed by atoms with Crippen LogP contribution < -0.4 is 10.2 Å². The van der Waals surface area contributed by atoms with E-state index in [1.807, 2.05) is 43.0 Å². The first-order chi connectivity index (χ1) is 15.4. The van der Waals surface area contributed by atoms with Crippen LogP contribution in [0, 0.1) is 6.92 Å². The van der Waals surface area contributed by atoms with Crippen LogP contribution in [0.3, 0.4) is 0 Å². The molecule has 32 heavy (non-hydrogen) atoms. The third-order valence-corrected chi connectivity index (χ3v) is 5.45. The van der Waals surface area contributed by atoms with Crippen LogP contribution in [0.2, 0.25) is 0 Å². The van der Waals surface area contributed by atoms with E-state index in [1.165, 1.54) is 7.11 Å². The molecular weight excluding hydrogens is 428 g/mol. The fourth-order valence-electron chi connectivity index (χ4n) is 3.56. The van der Waals surface area contributed by atoms with Gasteiger partial charge in [-0.3, -0.25) is 4.90 Å². The van der Waals surface area contributed by atoms with Gasteiger partial charge in [-0.15, -0.1) is 0 Å². The number of carbonyl (C=O) groups is 2. The number of nitrogens with zero attached hydrogens (tertiary/aromatic N) is 1. The summed E-state index contributed by atoms with van der Waals surface area (Å²) in [6.45, 7) is 4.27. The molecule has 0 amide bonds. The zero-order valence-electron chi connectivity index (χ0n) is 18.5. The van der Waals surface area contributed by atoms with Gasteiger partial charge >= 0.3 is 11.9 Å². The van der Waals surface area contributed by atoms with Crippen LogP contribution in [-0.2, 0) is 19.0 Å². The van der Waals surface area contributed by atoms with Crippen LogP contribution in [0.4, 0.5) is 5.69 Å². The van der Waals surface area contributed by atoms with Crippen molar-refractivity contribution in [3.05, 3.63) is 76.5 Å². The summed E-state index contributed by atoms with van der Waals surface area (Å²) >= 11 is 5.67. The Labute approximate surface area is 193 Å². The number of anilines is 1. The van der Waals surface area contributed by atoms with Crippen LogP contribution in [0.1, 0.15) is 34.5 Å². The first-order valence-corrected chi connectivity index (χ1v) is 10.5. The molecular formula is C24H26N2O5S. The number of thiocarbonyl (C=S) groups is 1. The summed E-state index contributed by atoms with van der Waals surface area (Å²) in [4.78, 5) is 26.7. The number of allylic oxidation sites excluding steroid dienone is 1. The number of nitrogens with one attached hydrogen (secondary N) is 1. The second kappa shape index (κ2) is 10.4. The Bertz CT molecular complexity index is 1050. The number of hydrogen-bond donors (Lipinski definition) is 1. The largest absolute Gasteiger partial charge is 0.465 e. The lowest BCUT2D eigenvalue weighted by Gasteiger charge is -2.37. The molecule has 0 aromatic heterocycles. The van der Waals surface area contributed by atoms with Crippen LogP contribution >= 0.6 is 12.2 Å². The normalized spacial score (nSPS) is 15.9. The van der Waals surface area contributed by atoms with Crippen molar-refractivity contribution in [1.82, 2.24) is 5.32 Å². The minimum atomic E-state index is -0.537. The van der Waals surface area contributed by atoms with Gasteiger partial charge in [0, 0.05) is 18.5 Å². The van der Waals surface area contributed by atoms with E-state index >= 15 is 0 Å². The number of rotatable bonds is 7. The molecule has 2 aromatic rings. The lowest BCUT2D eigenvalue weighted by molar-refractivity contribution is -0.140. The van der Waals surface area contributed by atoms with E-state index in [1.54, 1.807) is 31.4 Å². The fraction of sp³-hybridized carbons (Fsp3) is 0.292. The van der Waals surface area contributed by atoms with E-state index in [0.29, 0.717) is 28.6 Å². The van der Waals surface area contributed by atoms with Crippen molar-refractivity contribution in [2.24, 2.45) is 0 Å². The Kier molecular flexibility index (Phi) is 7.61. The molecule has 0 spiro atoms. The van der Waals surface area contributed by atoms with E-state index in [4.69, 9.17) is 26.4 Å². The van der Waals surface area contributed by atoms with Crippen LogP contribution in [-0.4, -0.2) is 44.5 Å². The van der Waals surface area contributed by atoms with E-state index in [9.17, 15) is 9.59 Å². The Morgan fingerprint density at radius 2 is 1.75 bits per heavy atom. The number of hydrogen-bond acceptors (Lipinski definition) is 6. The van der Waals surface area contributed by atoms with Gasteiger partial charge in [0.2, 0.25) is 0 Å². The number of esters is 2. The third kappa shape index (κ3) is 4.98. The molecule has 1 unspecified atom stereocenters. The van der Waals surface area contributed by atoms with Gasteiger partial charge in [0.25, 0.3) is 0 Å². The minimum Gasteiger partial charge on any atom is -0.465 e. The topological polar surface area (TPSA) is 77.1 Å². The molecule has 3 rings (SSSR count). The number of benzene rings is 2. The lowest BCUT2D eigenvalue weighted by Crippen LogP contribution is -2.48. The van der Waals surface area contributed by atoms with E-state index in [-0.39, 0.29) is 6.61 Å². The van der Waals surface area contributed by atoms with E-state index < -0.39 is 18.0 Å². The summed E-state index contributed by atoms with van der Waals surface area (Å²) in [5.74, 6) is -0.894. The molecule has 7 nitrogen and oxygen atoms in total. The van der Waals surface area contributed by atoms with Gasteiger partial charge < -0.3 is 19.5 Å². The number of carbonyl (C=O) groups excluding carboxylic acids is 2. The molecule has 0 aliphatic carbocycles. The van der Waals surface area contributed by atoms with Crippen LogP contribution in [0.15, 0.2) is 59.8 Å². The standard InChI is InChI=1S/C24H26N2O5S/c1-15-6-5-7-19(14-15)26-16(2)20(23(28)31-13-12-29-3)21(25-24(26)32)17-8-10-18(11-9-17)22(27)30-4/h5-11,14,21H,12-13H2,1-4H3,(H,25,32). The predicted molar refractivity (Wildman–Crippen MR) is 125 cm³/mol. The maximum atomic E-state index is 13.1. The molecule has 0 fully saturated rings. The fourth-order valence-corrected chi connectivity index (χ4v) is 3.92. The monoisotopic (exact) mass is 454 g/mol. The summed E-state index contributed by atoms with van der Waals surface area (Å²) in [5, 5.41) is 3.73. The van der Waals surface area contributed by atoms with Crippen molar-refractivity contribution in [3.63, 3.8) is 0 Å². The van der Waals surface area contributed by atoms with Gasteiger partial charge in [-0.2, -0.15) is 0 Å². The Balaban J connectivity index is 2.05. The lowest BCUT2D eigenvalue weighted by atomic mass is 9.94. The molecule has 0 radical (unpaired) electrons. The highest BCUT2D eigenvalue weighted by atomic mass is 32.1. The SMILES string of the molecule is COCCOC(=O)C1=C(C)N(c2cccc(C)c2)C(=S)NC1c1ccc(C(=O)OC)cc1. The molecule has 0 saturated heterocycles. The zero-order valence-corrected chi connectivity index (χ0v) is 19.3.